The number of carbonyl (C=O) groups is 1. The number of carbonyl (C=O) groups excluding carboxylic acids is 1. The fourth-order valence-electron chi connectivity index (χ4n) is 1.24. The fraction of sp³-hybridized carbons (Fsp3) is 0.875. The monoisotopic (exact) mass is 172 g/mol. The van der Waals surface area contributed by atoms with Crippen molar-refractivity contribution in [3.8, 4) is 0 Å². The van der Waals surface area contributed by atoms with Gasteiger partial charge in [0.1, 0.15) is 0 Å². The average Bonchev–Trinajstić information content (AvgIpc) is 2.05. The van der Waals surface area contributed by atoms with E-state index < -0.39 is 0 Å². The first-order chi connectivity index (χ1) is 5.65. The van der Waals surface area contributed by atoms with Crippen LogP contribution in [0.15, 0.2) is 0 Å². The van der Waals surface area contributed by atoms with Gasteiger partial charge in [0, 0.05) is 25.0 Å². The van der Waals surface area contributed by atoms with Gasteiger partial charge in [-0.05, 0) is 13.8 Å². The van der Waals surface area contributed by atoms with Crippen LogP contribution in [0.4, 0.5) is 4.79 Å². The fourth-order valence-corrected chi connectivity index (χ4v) is 1.24. The van der Waals surface area contributed by atoms with Crippen molar-refractivity contribution in [1.29, 1.82) is 0 Å². The van der Waals surface area contributed by atoms with E-state index in [0.29, 0.717) is 19.1 Å². The summed E-state index contributed by atoms with van der Waals surface area (Å²) in [6, 6.07) is 0.201. The van der Waals surface area contributed by atoms with E-state index in [1.807, 2.05) is 13.8 Å². The molecular weight excluding hydrogens is 156 g/mol. The van der Waals surface area contributed by atoms with Gasteiger partial charge in [0.05, 0.1) is 6.61 Å². The minimum absolute atomic E-state index is 0.201. The van der Waals surface area contributed by atoms with E-state index in [0.717, 1.165) is 6.54 Å². The molecule has 0 aromatic heterocycles. The number of ether oxygens (including phenoxy) is 1. The Kier molecular flexibility index (Phi) is 2.92. The summed E-state index contributed by atoms with van der Waals surface area (Å²) in [5.74, 6) is 0.296. The maximum Gasteiger partial charge on any atom is 0.410 e. The molecule has 1 unspecified atom stereocenters. The lowest BCUT2D eigenvalue weighted by molar-refractivity contribution is 0.0342. The molecule has 1 aliphatic rings. The number of amides is 1. The highest BCUT2D eigenvalue weighted by Gasteiger charge is 2.27. The molecule has 1 atom stereocenters. The summed E-state index contributed by atoms with van der Waals surface area (Å²) in [6.45, 7) is 5.72. The highest BCUT2D eigenvalue weighted by atomic mass is 16.6. The maximum atomic E-state index is 11.2. The lowest BCUT2D eigenvalue weighted by Gasteiger charge is -2.34. The van der Waals surface area contributed by atoms with E-state index in [4.69, 9.17) is 10.5 Å². The third-order valence-electron chi connectivity index (χ3n) is 2.09. The van der Waals surface area contributed by atoms with Crippen LogP contribution in [-0.4, -0.2) is 36.7 Å². The second kappa shape index (κ2) is 3.76. The molecule has 1 saturated heterocycles. The topological polar surface area (TPSA) is 55.6 Å². The molecule has 1 aliphatic heterocycles. The van der Waals surface area contributed by atoms with Gasteiger partial charge in [0.25, 0.3) is 0 Å². The Hall–Kier alpha value is -0.770. The highest BCUT2D eigenvalue weighted by molar-refractivity contribution is 5.68. The van der Waals surface area contributed by atoms with Gasteiger partial charge in [-0.1, -0.05) is 0 Å². The van der Waals surface area contributed by atoms with Crippen LogP contribution < -0.4 is 5.73 Å². The van der Waals surface area contributed by atoms with E-state index in [1.54, 1.807) is 4.90 Å². The van der Waals surface area contributed by atoms with Crippen molar-refractivity contribution in [1.82, 2.24) is 4.90 Å². The molecule has 1 heterocycles. The van der Waals surface area contributed by atoms with Crippen LogP contribution in [0.3, 0.4) is 0 Å². The quantitative estimate of drug-likeness (QED) is 0.656. The van der Waals surface area contributed by atoms with Crippen molar-refractivity contribution in [3.05, 3.63) is 0 Å². The van der Waals surface area contributed by atoms with Gasteiger partial charge in [-0.25, -0.2) is 4.79 Å². The summed E-state index contributed by atoms with van der Waals surface area (Å²) in [7, 11) is 0. The zero-order valence-electron chi connectivity index (χ0n) is 7.62. The van der Waals surface area contributed by atoms with Crippen molar-refractivity contribution in [3.63, 3.8) is 0 Å². The molecule has 1 fully saturated rings. The van der Waals surface area contributed by atoms with Gasteiger partial charge in [-0.2, -0.15) is 0 Å². The van der Waals surface area contributed by atoms with Crippen LogP contribution in [0.2, 0.25) is 0 Å². The normalized spacial score (nSPS) is 24.5. The van der Waals surface area contributed by atoms with Crippen LogP contribution in [0.25, 0.3) is 0 Å². The van der Waals surface area contributed by atoms with Gasteiger partial charge >= 0.3 is 6.09 Å². The maximum absolute atomic E-state index is 11.2. The molecule has 0 aromatic carbocycles. The van der Waals surface area contributed by atoms with E-state index in [-0.39, 0.29) is 12.1 Å². The number of hydrogen-bond acceptors (Lipinski definition) is 3. The van der Waals surface area contributed by atoms with Crippen LogP contribution in [-0.2, 0) is 4.74 Å². The molecule has 12 heavy (non-hydrogen) atoms. The van der Waals surface area contributed by atoms with Gasteiger partial charge in [0.15, 0.2) is 0 Å². The molecule has 4 nitrogen and oxygen atoms in total. The SMILES string of the molecule is CC(C)N1CC(CN)COC1=O. The molecule has 2 N–H and O–H groups in total. The summed E-state index contributed by atoms with van der Waals surface area (Å²) >= 11 is 0. The molecular formula is C8H16N2O2. The average molecular weight is 172 g/mol. The Bertz CT molecular complexity index is 170. The third kappa shape index (κ3) is 1.88. The van der Waals surface area contributed by atoms with Gasteiger partial charge < -0.3 is 15.4 Å². The van der Waals surface area contributed by atoms with Crippen LogP contribution in [0, 0.1) is 5.92 Å². The molecule has 1 amide bonds. The Balaban J connectivity index is 2.53. The summed E-state index contributed by atoms with van der Waals surface area (Å²) in [5.41, 5.74) is 5.49. The highest BCUT2D eigenvalue weighted by Crippen LogP contribution is 2.12. The Morgan fingerprint density at radius 1 is 1.75 bits per heavy atom. The predicted octanol–water partition coefficient (Wildman–Crippen LogP) is 0.422. The van der Waals surface area contributed by atoms with Crippen LogP contribution in [0.5, 0.6) is 0 Å². The first-order valence-electron chi connectivity index (χ1n) is 4.28. The van der Waals surface area contributed by atoms with Crippen LogP contribution in [0.1, 0.15) is 13.8 Å². The van der Waals surface area contributed by atoms with Crippen molar-refractivity contribution >= 4 is 6.09 Å². The lowest BCUT2D eigenvalue weighted by Crippen LogP contribution is -2.48. The first kappa shape index (κ1) is 9.32. The van der Waals surface area contributed by atoms with Gasteiger partial charge in [-0.15, -0.1) is 0 Å². The molecule has 0 aromatic rings. The number of nitrogens with two attached hydrogens (primary N) is 1. The van der Waals surface area contributed by atoms with Gasteiger partial charge in [-0.3, -0.25) is 0 Å². The van der Waals surface area contributed by atoms with Crippen molar-refractivity contribution in [2.45, 2.75) is 19.9 Å². The van der Waals surface area contributed by atoms with E-state index >= 15 is 0 Å². The minimum atomic E-state index is -0.213. The Morgan fingerprint density at radius 3 is 2.92 bits per heavy atom. The van der Waals surface area contributed by atoms with E-state index in [1.165, 1.54) is 0 Å². The zero-order chi connectivity index (χ0) is 9.14. The molecule has 0 radical (unpaired) electrons. The molecule has 1 rings (SSSR count). The van der Waals surface area contributed by atoms with E-state index in [9.17, 15) is 4.79 Å². The predicted molar refractivity (Wildman–Crippen MR) is 45.7 cm³/mol. The summed E-state index contributed by atoms with van der Waals surface area (Å²) in [5, 5.41) is 0. The second-order valence-electron chi connectivity index (χ2n) is 3.42. The Labute approximate surface area is 72.7 Å². The zero-order valence-corrected chi connectivity index (χ0v) is 7.62. The smallest absolute Gasteiger partial charge is 0.410 e. The summed E-state index contributed by atoms with van der Waals surface area (Å²) in [6.07, 6.45) is -0.213. The van der Waals surface area contributed by atoms with E-state index in [2.05, 4.69) is 0 Å². The van der Waals surface area contributed by atoms with Crippen molar-refractivity contribution in [2.75, 3.05) is 19.7 Å². The molecule has 70 valence electrons. The molecule has 0 spiro atoms. The van der Waals surface area contributed by atoms with Crippen LogP contribution >= 0.6 is 0 Å². The largest absolute Gasteiger partial charge is 0.449 e. The lowest BCUT2D eigenvalue weighted by atomic mass is 10.1. The second-order valence-corrected chi connectivity index (χ2v) is 3.42. The third-order valence-corrected chi connectivity index (χ3v) is 2.09. The summed E-state index contributed by atoms with van der Waals surface area (Å²) in [4.78, 5) is 12.9. The first-order valence-corrected chi connectivity index (χ1v) is 4.28. The summed E-state index contributed by atoms with van der Waals surface area (Å²) < 4.78 is 4.96. The molecule has 0 bridgehead atoms. The number of rotatable bonds is 2. The number of hydrogen-bond donors (Lipinski definition) is 1. The van der Waals surface area contributed by atoms with Gasteiger partial charge in [0.2, 0.25) is 0 Å². The minimum Gasteiger partial charge on any atom is -0.449 e. The molecule has 0 aliphatic carbocycles. The molecule has 4 heteroatoms. The standard InChI is InChI=1S/C8H16N2O2/c1-6(2)10-4-7(3-9)5-12-8(10)11/h6-7H,3-5,9H2,1-2H3. The van der Waals surface area contributed by atoms with Crippen molar-refractivity contribution in [2.24, 2.45) is 11.7 Å². The Morgan fingerprint density at radius 2 is 2.42 bits per heavy atom. The number of cyclic esters (lactones) is 1. The molecule has 0 saturated carbocycles. The van der Waals surface area contributed by atoms with Crippen molar-refractivity contribution < 1.29 is 9.53 Å². The number of nitrogens with zero attached hydrogens (tertiary/aromatic N) is 1.